The van der Waals surface area contributed by atoms with Crippen LogP contribution in [0.1, 0.15) is 12.5 Å². The molecule has 5 nitrogen and oxygen atoms in total. The summed E-state index contributed by atoms with van der Waals surface area (Å²) in [5.41, 5.74) is 1.08. The number of ether oxygens (including phenoxy) is 1. The van der Waals surface area contributed by atoms with Crippen LogP contribution in [0.4, 0.5) is 14.9 Å². The van der Waals surface area contributed by atoms with Crippen molar-refractivity contribution in [3.63, 3.8) is 0 Å². The predicted octanol–water partition coefficient (Wildman–Crippen LogP) is 5.24. The minimum Gasteiger partial charge on any atom is -0.478 e. The van der Waals surface area contributed by atoms with Crippen molar-refractivity contribution in [3.05, 3.63) is 69.5 Å². The Bertz CT molecular complexity index is 833. The summed E-state index contributed by atoms with van der Waals surface area (Å²) in [6.07, 6.45) is -1.01. The molecular formula is C18H14Cl2FNO4. The van der Waals surface area contributed by atoms with E-state index in [0.717, 1.165) is 0 Å². The highest BCUT2D eigenvalue weighted by atomic mass is 35.5. The van der Waals surface area contributed by atoms with Gasteiger partial charge in [-0.05, 0) is 48.4 Å². The Labute approximate surface area is 159 Å². The molecule has 0 saturated heterocycles. The SMILES string of the molecule is CC(=Cc1ccc(F)cc1)C(OC(=O)Nc1cc(Cl)cc(Cl)c1)C(=O)O. The van der Waals surface area contributed by atoms with Crippen LogP contribution in [-0.4, -0.2) is 23.3 Å². The number of anilines is 1. The number of halogens is 3. The van der Waals surface area contributed by atoms with Crippen molar-refractivity contribution in [1.29, 1.82) is 0 Å². The summed E-state index contributed by atoms with van der Waals surface area (Å²) in [7, 11) is 0. The second-order valence-corrected chi connectivity index (χ2v) is 6.22. The van der Waals surface area contributed by atoms with E-state index in [-0.39, 0.29) is 11.3 Å². The predicted molar refractivity (Wildman–Crippen MR) is 98.0 cm³/mol. The number of carboxylic acid groups (broad SMARTS) is 1. The molecule has 0 spiro atoms. The number of hydrogen-bond acceptors (Lipinski definition) is 3. The van der Waals surface area contributed by atoms with E-state index in [4.69, 9.17) is 27.9 Å². The Balaban J connectivity index is 2.12. The Morgan fingerprint density at radius 2 is 1.73 bits per heavy atom. The van der Waals surface area contributed by atoms with Crippen molar-refractivity contribution in [1.82, 2.24) is 0 Å². The fourth-order valence-corrected chi connectivity index (χ4v) is 2.64. The highest BCUT2D eigenvalue weighted by molar-refractivity contribution is 6.35. The van der Waals surface area contributed by atoms with Crippen LogP contribution < -0.4 is 5.32 Å². The van der Waals surface area contributed by atoms with Crippen LogP contribution in [0.2, 0.25) is 10.0 Å². The molecule has 8 heteroatoms. The molecule has 0 aromatic heterocycles. The summed E-state index contributed by atoms with van der Waals surface area (Å²) in [6.45, 7) is 1.49. The van der Waals surface area contributed by atoms with Gasteiger partial charge in [-0.15, -0.1) is 0 Å². The zero-order valence-corrected chi connectivity index (χ0v) is 15.0. The number of carboxylic acids is 1. The van der Waals surface area contributed by atoms with Crippen LogP contribution in [0.15, 0.2) is 48.0 Å². The molecule has 1 atom stereocenters. The van der Waals surface area contributed by atoms with Crippen LogP contribution in [0.3, 0.4) is 0 Å². The smallest absolute Gasteiger partial charge is 0.412 e. The maximum absolute atomic E-state index is 12.9. The summed E-state index contributed by atoms with van der Waals surface area (Å²) in [5.74, 6) is -1.76. The quantitative estimate of drug-likeness (QED) is 0.723. The first-order valence-corrected chi connectivity index (χ1v) is 8.10. The fraction of sp³-hybridized carbons (Fsp3) is 0.111. The van der Waals surface area contributed by atoms with Gasteiger partial charge in [0.25, 0.3) is 0 Å². The second kappa shape index (κ2) is 8.69. The molecule has 0 bridgehead atoms. The third-order valence-electron chi connectivity index (χ3n) is 3.24. The molecule has 0 aliphatic rings. The average Bonchev–Trinajstić information content (AvgIpc) is 2.53. The number of aliphatic carboxylic acids is 1. The molecule has 2 aromatic rings. The van der Waals surface area contributed by atoms with E-state index in [1.54, 1.807) is 0 Å². The van der Waals surface area contributed by atoms with Gasteiger partial charge >= 0.3 is 12.1 Å². The molecule has 0 radical (unpaired) electrons. The Morgan fingerprint density at radius 3 is 2.27 bits per heavy atom. The van der Waals surface area contributed by atoms with Gasteiger partial charge in [0.1, 0.15) is 5.82 Å². The van der Waals surface area contributed by atoms with Crippen molar-refractivity contribution in [2.45, 2.75) is 13.0 Å². The number of carbonyl (C=O) groups is 2. The molecule has 0 fully saturated rings. The minimum absolute atomic E-state index is 0.253. The summed E-state index contributed by atoms with van der Waals surface area (Å²) >= 11 is 11.7. The number of amides is 1. The highest BCUT2D eigenvalue weighted by Gasteiger charge is 2.24. The topological polar surface area (TPSA) is 75.6 Å². The maximum atomic E-state index is 12.9. The third-order valence-corrected chi connectivity index (χ3v) is 3.67. The molecule has 26 heavy (non-hydrogen) atoms. The summed E-state index contributed by atoms with van der Waals surface area (Å²) in [6, 6.07) is 9.79. The largest absolute Gasteiger partial charge is 0.478 e. The lowest BCUT2D eigenvalue weighted by Crippen LogP contribution is -2.30. The molecule has 0 aliphatic carbocycles. The molecule has 2 N–H and O–H groups in total. The first-order chi connectivity index (χ1) is 12.2. The summed E-state index contributed by atoms with van der Waals surface area (Å²) < 4.78 is 17.9. The Hall–Kier alpha value is -2.57. The molecular weight excluding hydrogens is 384 g/mol. The molecule has 0 saturated carbocycles. The summed E-state index contributed by atoms with van der Waals surface area (Å²) in [4.78, 5) is 23.4. The van der Waals surface area contributed by atoms with Gasteiger partial charge < -0.3 is 9.84 Å². The van der Waals surface area contributed by atoms with Crippen molar-refractivity contribution < 1.29 is 23.8 Å². The van der Waals surface area contributed by atoms with E-state index in [1.807, 2.05) is 0 Å². The lowest BCUT2D eigenvalue weighted by atomic mass is 10.1. The van der Waals surface area contributed by atoms with E-state index >= 15 is 0 Å². The summed E-state index contributed by atoms with van der Waals surface area (Å²) in [5, 5.41) is 12.3. The second-order valence-electron chi connectivity index (χ2n) is 5.35. The molecule has 2 rings (SSSR count). The normalized spacial score (nSPS) is 12.4. The van der Waals surface area contributed by atoms with Crippen molar-refractivity contribution in [2.75, 3.05) is 5.32 Å². The van der Waals surface area contributed by atoms with E-state index in [9.17, 15) is 19.1 Å². The van der Waals surface area contributed by atoms with Crippen LogP contribution in [0.5, 0.6) is 0 Å². The standard InChI is InChI=1S/C18H14Cl2FNO4/c1-10(6-11-2-4-14(21)5-3-11)16(17(23)24)26-18(25)22-15-8-12(19)7-13(20)9-15/h2-9,16H,1H3,(H,22,25)(H,23,24). The first-order valence-electron chi connectivity index (χ1n) is 7.35. The maximum Gasteiger partial charge on any atom is 0.412 e. The number of hydrogen-bond donors (Lipinski definition) is 2. The zero-order chi connectivity index (χ0) is 19.3. The number of benzene rings is 2. The molecule has 0 heterocycles. The molecule has 136 valence electrons. The van der Waals surface area contributed by atoms with Gasteiger partial charge in [0.15, 0.2) is 0 Å². The van der Waals surface area contributed by atoms with Gasteiger partial charge in [-0.1, -0.05) is 41.4 Å². The van der Waals surface area contributed by atoms with Gasteiger partial charge in [-0.3, -0.25) is 5.32 Å². The first kappa shape index (κ1) is 19.8. The van der Waals surface area contributed by atoms with Crippen molar-refractivity contribution in [3.8, 4) is 0 Å². The molecule has 0 aliphatic heterocycles. The highest BCUT2D eigenvalue weighted by Crippen LogP contribution is 2.23. The monoisotopic (exact) mass is 397 g/mol. The van der Waals surface area contributed by atoms with E-state index < -0.39 is 24.0 Å². The lowest BCUT2D eigenvalue weighted by molar-refractivity contribution is -0.144. The third kappa shape index (κ3) is 5.75. The fourth-order valence-electron chi connectivity index (χ4n) is 2.12. The van der Waals surface area contributed by atoms with Gasteiger partial charge in [0.2, 0.25) is 6.10 Å². The van der Waals surface area contributed by atoms with E-state index in [1.165, 1.54) is 55.5 Å². The average molecular weight is 398 g/mol. The van der Waals surface area contributed by atoms with E-state index in [2.05, 4.69) is 5.32 Å². The van der Waals surface area contributed by atoms with Crippen molar-refractivity contribution in [2.24, 2.45) is 0 Å². The van der Waals surface area contributed by atoms with Gasteiger partial charge in [-0.2, -0.15) is 0 Å². The molecule has 1 amide bonds. The number of nitrogens with one attached hydrogen (secondary N) is 1. The van der Waals surface area contributed by atoms with E-state index in [0.29, 0.717) is 15.6 Å². The number of carbonyl (C=O) groups excluding carboxylic acids is 1. The van der Waals surface area contributed by atoms with Crippen LogP contribution in [0.25, 0.3) is 6.08 Å². The minimum atomic E-state index is -1.52. The number of rotatable bonds is 5. The van der Waals surface area contributed by atoms with Gasteiger partial charge in [0.05, 0.1) is 0 Å². The Kier molecular flexibility index (Phi) is 6.60. The van der Waals surface area contributed by atoms with Crippen molar-refractivity contribution >= 4 is 47.0 Å². The molecule has 1 unspecified atom stereocenters. The van der Waals surface area contributed by atoms with Crippen LogP contribution >= 0.6 is 23.2 Å². The zero-order valence-electron chi connectivity index (χ0n) is 13.5. The van der Waals surface area contributed by atoms with Crippen LogP contribution in [0, 0.1) is 5.82 Å². The lowest BCUT2D eigenvalue weighted by Gasteiger charge is -2.15. The van der Waals surface area contributed by atoms with Gasteiger partial charge in [-0.25, -0.2) is 14.0 Å². The Morgan fingerprint density at radius 1 is 1.15 bits per heavy atom. The van der Waals surface area contributed by atoms with Gasteiger partial charge in [0, 0.05) is 15.7 Å². The van der Waals surface area contributed by atoms with Crippen LogP contribution in [-0.2, 0) is 9.53 Å². The molecule has 2 aromatic carbocycles.